The molecule has 88 valence electrons. The van der Waals surface area contributed by atoms with Gasteiger partial charge in [0.05, 0.1) is 0 Å². The third-order valence-corrected chi connectivity index (χ3v) is 2.97. The summed E-state index contributed by atoms with van der Waals surface area (Å²) in [7, 11) is 0. The molecule has 0 aliphatic carbocycles. The number of carbonyl (C=O) groups is 1. The van der Waals surface area contributed by atoms with Crippen molar-refractivity contribution < 1.29 is 4.79 Å². The first-order valence-corrected chi connectivity index (χ1v) is 6.28. The molecule has 2 heteroatoms. The van der Waals surface area contributed by atoms with Crippen molar-refractivity contribution in [2.75, 3.05) is 0 Å². The van der Waals surface area contributed by atoms with Gasteiger partial charge in [-0.2, -0.15) is 0 Å². The summed E-state index contributed by atoms with van der Waals surface area (Å²) in [5, 5.41) is 0.781. The van der Waals surface area contributed by atoms with E-state index in [0.717, 1.165) is 30.7 Å². The highest BCUT2D eigenvalue weighted by molar-refractivity contribution is 6.30. The van der Waals surface area contributed by atoms with Crippen LogP contribution in [0.4, 0.5) is 0 Å². The zero-order valence-corrected chi connectivity index (χ0v) is 10.8. The molecule has 0 heterocycles. The maximum Gasteiger partial charge on any atom is 0.132 e. The minimum Gasteiger partial charge on any atom is -0.300 e. The smallest absolute Gasteiger partial charge is 0.132 e. The van der Waals surface area contributed by atoms with Crippen LogP contribution in [0.15, 0.2) is 18.2 Å². The van der Waals surface area contributed by atoms with Crippen molar-refractivity contribution in [2.24, 2.45) is 0 Å². The average molecular weight is 239 g/mol. The van der Waals surface area contributed by atoms with Gasteiger partial charge in [0.25, 0.3) is 0 Å². The van der Waals surface area contributed by atoms with Gasteiger partial charge in [0, 0.05) is 17.9 Å². The van der Waals surface area contributed by atoms with Crippen LogP contribution in [0.3, 0.4) is 0 Å². The van der Waals surface area contributed by atoms with Gasteiger partial charge < -0.3 is 0 Å². The third-order valence-electron chi connectivity index (χ3n) is 2.74. The van der Waals surface area contributed by atoms with Gasteiger partial charge in [0.1, 0.15) is 5.78 Å². The van der Waals surface area contributed by atoms with Crippen LogP contribution in [0, 0.1) is 6.92 Å². The van der Waals surface area contributed by atoms with Gasteiger partial charge in [-0.3, -0.25) is 4.79 Å². The van der Waals surface area contributed by atoms with Gasteiger partial charge in [-0.25, -0.2) is 0 Å². The first-order chi connectivity index (χ1) is 7.63. The third kappa shape index (κ3) is 4.36. The Hall–Kier alpha value is -0.820. The normalized spacial score (nSPS) is 10.4. The molecule has 1 aromatic carbocycles. The number of rotatable bonds is 6. The molecule has 0 aromatic heterocycles. The summed E-state index contributed by atoms with van der Waals surface area (Å²) in [5.41, 5.74) is 2.52. The predicted octanol–water partition coefficient (Wildman–Crippen LogP) is 4.34. The SMILES string of the molecule is CCCC(=O)CCCc1ccc(Cl)cc1C. The van der Waals surface area contributed by atoms with Crippen LogP contribution >= 0.6 is 11.6 Å². The Labute approximate surface area is 103 Å². The van der Waals surface area contributed by atoms with Crippen LogP contribution in [0.1, 0.15) is 43.7 Å². The summed E-state index contributed by atoms with van der Waals surface area (Å²) >= 11 is 5.89. The zero-order valence-electron chi connectivity index (χ0n) is 10.1. The van der Waals surface area contributed by atoms with Crippen LogP contribution in [-0.2, 0) is 11.2 Å². The Bertz CT molecular complexity index is 358. The number of halogens is 1. The van der Waals surface area contributed by atoms with Crippen molar-refractivity contribution in [3.05, 3.63) is 34.3 Å². The Morgan fingerprint density at radius 2 is 2.06 bits per heavy atom. The standard InChI is InChI=1S/C14H19ClO/c1-3-5-14(16)7-4-6-12-8-9-13(15)10-11(12)2/h8-10H,3-7H2,1-2H3. The number of carbonyl (C=O) groups excluding carboxylic acids is 1. The minimum absolute atomic E-state index is 0.383. The topological polar surface area (TPSA) is 17.1 Å². The Kier molecular flexibility index (Phi) is 5.54. The summed E-state index contributed by atoms with van der Waals surface area (Å²) in [5.74, 6) is 0.383. The Morgan fingerprint density at radius 3 is 2.69 bits per heavy atom. The van der Waals surface area contributed by atoms with Gasteiger partial charge in [-0.1, -0.05) is 24.6 Å². The van der Waals surface area contributed by atoms with Crippen LogP contribution in [0.2, 0.25) is 5.02 Å². The Morgan fingerprint density at radius 1 is 1.31 bits per heavy atom. The predicted molar refractivity (Wildman–Crippen MR) is 69.0 cm³/mol. The van der Waals surface area contributed by atoms with Crippen molar-refractivity contribution in [3.8, 4) is 0 Å². The lowest BCUT2D eigenvalue weighted by atomic mass is 10.0. The van der Waals surface area contributed by atoms with Gasteiger partial charge in [0.2, 0.25) is 0 Å². The van der Waals surface area contributed by atoms with Crippen LogP contribution in [0.5, 0.6) is 0 Å². The van der Waals surface area contributed by atoms with Crippen molar-refractivity contribution >= 4 is 17.4 Å². The number of hydrogen-bond donors (Lipinski definition) is 0. The maximum absolute atomic E-state index is 11.4. The van der Waals surface area contributed by atoms with E-state index in [-0.39, 0.29) is 0 Å². The molecule has 0 N–H and O–H groups in total. The van der Waals surface area contributed by atoms with Gasteiger partial charge >= 0.3 is 0 Å². The summed E-state index contributed by atoms with van der Waals surface area (Å²) in [6.07, 6.45) is 4.30. The van der Waals surface area contributed by atoms with Crippen LogP contribution < -0.4 is 0 Å². The van der Waals surface area contributed by atoms with Gasteiger partial charge in [-0.05, 0) is 49.4 Å². The molecule has 0 saturated carbocycles. The summed E-state index contributed by atoms with van der Waals surface area (Å²) < 4.78 is 0. The molecule has 0 spiro atoms. The highest BCUT2D eigenvalue weighted by Gasteiger charge is 2.03. The van der Waals surface area contributed by atoms with E-state index in [2.05, 4.69) is 13.0 Å². The van der Waals surface area contributed by atoms with Crippen molar-refractivity contribution in [3.63, 3.8) is 0 Å². The minimum atomic E-state index is 0.383. The molecule has 16 heavy (non-hydrogen) atoms. The molecule has 1 rings (SSSR count). The van der Waals surface area contributed by atoms with E-state index in [9.17, 15) is 4.79 Å². The maximum atomic E-state index is 11.4. The lowest BCUT2D eigenvalue weighted by molar-refractivity contribution is -0.119. The fourth-order valence-electron chi connectivity index (χ4n) is 1.82. The lowest BCUT2D eigenvalue weighted by Gasteiger charge is -2.05. The zero-order chi connectivity index (χ0) is 12.0. The van der Waals surface area contributed by atoms with E-state index in [1.54, 1.807) is 0 Å². The molecule has 0 radical (unpaired) electrons. The van der Waals surface area contributed by atoms with Gasteiger partial charge in [0.15, 0.2) is 0 Å². The largest absolute Gasteiger partial charge is 0.300 e. The van der Waals surface area contributed by atoms with E-state index in [1.807, 2.05) is 19.1 Å². The molecular weight excluding hydrogens is 220 g/mol. The lowest BCUT2D eigenvalue weighted by Crippen LogP contribution is -1.98. The summed E-state index contributed by atoms with van der Waals surface area (Å²) in [6, 6.07) is 5.95. The molecule has 0 atom stereocenters. The highest BCUT2D eigenvalue weighted by atomic mass is 35.5. The Balaban J connectivity index is 2.40. The number of hydrogen-bond acceptors (Lipinski definition) is 1. The molecule has 1 nitrogen and oxygen atoms in total. The number of Topliss-reactive ketones (excluding diaryl/α,β-unsaturated/α-hetero) is 1. The first-order valence-electron chi connectivity index (χ1n) is 5.90. The van der Waals surface area contributed by atoms with E-state index >= 15 is 0 Å². The first kappa shape index (κ1) is 13.2. The average Bonchev–Trinajstić information content (AvgIpc) is 2.22. The second-order valence-corrected chi connectivity index (χ2v) is 4.65. The number of ketones is 1. The number of aryl methyl sites for hydroxylation is 2. The van der Waals surface area contributed by atoms with E-state index in [4.69, 9.17) is 11.6 Å². The number of benzene rings is 1. The molecule has 0 bridgehead atoms. The second kappa shape index (κ2) is 6.70. The van der Waals surface area contributed by atoms with Gasteiger partial charge in [-0.15, -0.1) is 0 Å². The molecule has 0 aliphatic heterocycles. The van der Waals surface area contributed by atoms with Crippen molar-refractivity contribution in [1.82, 2.24) is 0 Å². The van der Waals surface area contributed by atoms with Crippen molar-refractivity contribution in [1.29, 1.82) is 0 Å². The van der Waals surface area contributed by atoms with Crippen LogP contribution in [-0.4, -0.2) is 5.78 Å². The van der Waals surface area contributed by atoms with E-state index < -0.39 is 0 Å². The fourth-order valence-corrected chi connectivity index (χ4v) is 2.05. The van der Waals surface area contributed by atoms with Crippen molar-refractivity contribution in [2.45, 2.75) is 46.0 Å². The highest BCUT2D eigenvalue weighted by Crippen LogP contribution is 2.17. The molecular formula is C14H19ClO. The molecule has 1 aromatic rings. The van der Waals surface area contributed by atoms with E-state index in [0.29, 0.717) is 12.2 Å². The fraction of sp³-hybridized carbons (Fsp3) is 0.500. The quantitative estimate of drug-likeness (QED) is 0.721. The van der Waals surface area contributed by atoms with E-state index in [1.165, 1.54) is 11.1 Å². The molecule has 0 aliphatic rings. The monoisotopic (exact) mass is 238 g/mol. The summed E-state index contributed by atoms with van der Waals surface area (Å²) in [4.78, 5) is 11.4. The molecule has 0 unspecified atom stereocenters. The molecule has 0 amide bonds. The molecule has 0 saturated heterocycles. The van der Waals surface area contributed by atoms with Crippen LogP contribution in [0.25, 0.3) is 0 Å². The second-order valence-electron chi connectivity index (χ2n) is 4.21. The molecule has 0 fully saturated rings. The summed E-state index contributed by atoms with van der Waals surface area (Å²) in [6.45, 7) is 4.11.